The number of hydrogen-bond donors (Lipinski definition) is 0. The molecule has 2 aromatic heterocycles. The molecule has 5 rings (SSSR count). The van der Waals surface area contributed by atoms with Gasteiger partial charge in [0, 0.05) is 36.2 Å². The summed E-state index contributed by atoms with van der Waals surface area (Å²) in [7, 11) is 0. The van der Waals surface area contributed by atoms with Crippen LogP contribution in [0.4, 0.5) is 14.6 Å². The van der Waals surface area contributed by atoms with Crippen molar-refractivity contribution in [1.82, 2.24) is 19.9 Å². The van der Waals surface area contributed by atoms with E-state index in [-0.39, 0.29) is 34.0 Å². The Balaban J connectivity index is 1.48. The maximum atomic E-state index is 13.4. The Morgan fingerprint density at radius 2 is 1.36 bits per heavy atom. The van der Waals surface area contributed by atoms with E-state index in [1.54, 1.807) is 36.4 Å². The van der Waals surface area contributed by atoms with E-state index in [0.717, 1.165) is 0 Å². The van der Waals surface area contributed by atoms with Crippen molar-refractivity contribution in [1.29, 1.82) is 5.26 Å². The van der Waals surface area contributed by atoms with Gasteiger partial charge in [-0.3, -0.25) is 0 Å². The highest BCUT2D eigenvalue weighted by atomic mass is 35.5. The zero-order chi connectivity index (χ0) is 25.2. The summed E-state index contributed by atoms with van der Waals surface area (Å²) in [5.41, 5.74) is 3.12. The lowest BCUT2D eigenvalue weighted by Gasteiger charge is -2.36. The molecule has 1 aliphatic heterocycles. The summed E-state index contributed by atoms with van der Waals surface area (Å²) in [6.45, 7) is 1.01. The Morgan fingerprint density at radius 1 is 0.806 bits per heavy atom. The molecular weight excluding hydrogens is 505 g/mol. The fourth-order valence-electron chi connectivity index (χ4n) is 4.34. The Kier molecular flexibility index (Phi) is 6.77. The average molecular weight is 523 g/mol. The van der Waals surface area contributed by atoms with Crippen molar-refractivity contribution in [2.45, 2.75) is 12.3 Å². The fourth-order valence-corrected chi connectivity index (χ4v) is 4.71. The van der Waals surface area contributed by atoms with Crippen molar-refractivity contribution in [2.75, 3.05) is 18.0 Å². The SMILES string of the molecule is N#CC1CCN(c2cc(-c3ccc(F)cc3)nc(Cl)n2)CC1c1cc(-c2ccc(F)cc2)nc(Cl)n1. The molecule has 180 valence electrons. The number of hydrogen-bond acceptors (Lipinski definition) is 6. The number of aromatic nitrogens is 4. The molecule has 1 aliphatic rings. The molecule has 0 saturated carbocycles. The third-order valence-corrected chi connectivity index (χ3v) is 6.50. The normalized spacial score (nSPS) is 17.6. The molecule has 4 aromatic rings. The zero-order valence-corrected chi connectivity index (χ0v) is 20.3. The number of nitrogens with zero attached hydrogens (tertiary/aromatic N) is 6. The van der Waals surface area contributed by atoms with Gasteiger partial charge in [-0.1, -0.05) is 0 Å². The summed E-state index contributed by atoms with van der Waals surface area (Å²) in [5.74, 6) is -0.692. The monoisotopic (exact) mass is 522 g/mol. The smallest absolute Gasteiger partial charge is 0.224 e. The largest absolute Gasteiger partial charge is 0.356 e. The number of halogens is 4. The summed E-state index contributed by atoms with van der Waals surface area (Å²) >= 11 is 12.5. The molecular formula is C26H18Cl2F2N6. The average Bonchev–Trinajstić information content (AvgIpc) is 2.88. The van der Waals surface area contributed by atoms with Crippen LogP contribution >= 0.6 is 23.2 Å². The highest BCUT2D eigenvalue weighted by molar-refractivity contribution is 6.28. The van der Waals surface area contributed by atoms with Gasteiger partial charge < -0.3 is 4.90 Å². The maximum absolute atomic E-state index is 13.4. The lowest BCUT2D eigenvalue weighted by molar-refractivity contribution is 0.416. The van der Waals surface area contributed by atoms with Crippen molar-refractivity contribution in [3.8, 4) is 28.6 Å². The molecule has 0 bridgehead atoms. The lowest BCUT2D eigenvalue weighted by atomic mass is 9.83. The minimum atomic E-state index is -0.352. The van der Waals surface area contributed by atoms with Gasteiger partial charge in [0.2, 0.25) is 10.6 Å². The predicted molar refractivity (Wildman–Crippen MR) is 134 cm³/mol. The molecule has 1 saturated heterocycles. The van der Waals surface area contributed by atoms with E-state index in [9.17, 15) is 14.0 Å². The van der Waals surface area contributed by atoms with Crippen LogP contribution in [0.15, 0.2) is 60.7 Å². The first-order chi connectivity index (χ1) is 17.4. The molecule has 1 fully saturated rings. The summed E-state index contributed by atoms with van der Waals surface area (Å²) in [5, 5.41) is 9.97. The Hall–Kier alpha value is -3.67. The number of piperidine rings is 1. The Morgan fingerprint density at radius 3 is 1.94 bits per heavy atom. The van der Waals surface area contributed by atoms with Gasteiger partial charge >= 0.3 is 0 Å². The predicted octanol–water partition coefficient (Wildman–Crippen LogP) is 6.32. The molecule has 0 aliphatic carbocycles. The molecule has 2 unspecified atom stereocenters. The second kappa shape index (κ2) is 10.1. The van der Waals surface area contributed by atoms with Gasteiger partial charge in [0.25, 0.3) is 0 Å². The van der Waals surface area contributed by atoms with Gasteiger partial charge in [-0.15, -0.1) is 0 Å². The molecule has 3 heterocycles. The third-order valence-electron chi connectivity index (χ3n) is 6.17. The van der Waals surface area contributed by atoms with Gasteiger partial charge in [0.15, 0.2) is 0 Å². The van der Waals surface area contributed by atoms with Crippen LogP contribution in [0, 0.1) is 28.9 Å². The van der Waals surface area contributed by atoms with E-state index >= 15 is 0 Å². The summed E-state index contributed by atoms with van der Waals surface area (Å²) in [6, 6.07) is 17.9. The third kappa shape index (κ3) is 5.13. The first-order valence-corrected chi connectivity index (χ1v) is 11.9. The van der Waals surface area contributed by atoms with Gasteiger partial charge in [0.1, 0.15) is 17.5 Å². The molecule has 2 aromatic carbocycles. The molecule has 0 spiro atoms. The zero-order valence-electron chi connectivity index (χ0n) is 18.7. The summed E-state index contributed by atoms with van der Waals surface area (Å²) in [4.78, 5) is 19.4. The van der Waals surface area contributed by atoms with E-state index in [2.05, 4.69) is 26.0 Å². The Labute approximate surface area is 216 Å². The maximum Gasteiger partial charge on any atom is 0.224 e. The van der Waals surface area contributed by atoms with Crippen LogP contribution < -0.4 is 4.90 Å². The molecule has 10 heteroatoms. The fraction of sp³-hybridized carbons (Fsp3) is 0.192. The lowest BCUT2D eigenvalue weighted by Crippen LogP contribution is -2.39. The van der Waals surface area contributed by atoms with Crippen molar-refractivity contribution in [3.63, 3.8) is 0 Å². The summed E-state index contributed by atoms with van der Waals surface area (Å²) in [6.07, 6.45) is 0.572. The number of rotatable bonds is 4. The van der Waals surface area contributed by atoms with Gasteiger partial charge in [-0.05, 0) is 84.2 Å². The van der Waals surface area contributed by atoms with Crippen LogP contribution in [0.2, 0.25) is 10.6 Å². The van der Waals surface area contributed by atoms with Gasteiger partial charge in [-0.2, -0.15) is 5.26 Å². The van der Waals surface area contributed by atoms with Crippen LogP contribution in [-0.4, -0.2) is 33.0 Å². The number of benzene rings is 2. The quantitative estimate of drug-likeness (QED) is 0.292. The van der Waals surface area contributed by atoms with Crippen LogP contribution in [0.1, 0.15) is 18.0 Å². The van der Waals surface area contributed by atoms with E-state index in [0.29, 0.717) is 53.5 Å². The van der Waals surface area contributed by atoms with E-state index in [4.69, 9.17) is 23.2 Å². The minimum Gasteiger partial charge on any atom is -0.356 e. The standard InChI is InChI=1S/C26H18Cl2F2N6/c27-25-32-21(15-1-5-18(29)6-2-15)11-23(34-25)20-14-36(10-9-17(20)13-31)24-12-22(33-26(28)35-24)16-3-7-19(30)8-4-16/h1-8,11-12,17,20H,9-10,14H2. The molecule has 0 N–H and O–H groups in total. The van der Waals surface area contributed by atoms with Crippen molar-refractivity contribution in [3.05, 3.63) is 88.6 Å². The van der Waals surface area contributed by atoms with Crippen LogP contribution in [0.5, 0.6) is 0 Å². The van der Waals surface area contributed by atoms with E-state index in [1.165, 1.54) is 24.3 Å². The number of anilines is 1. The Bertz CT molecular complexity index is 1440. The first-order valence-electron chi connectivity index (χ1n) is 11.1. The van der Waals surface area contributed by atoms with Crippen LogP contribution in [0.25, 0.3) is 22.5 Å². The topological polar surface area (TPSA) is 78.6 Å². The van der Waals surface area contributed by atoms with Crippen LogP contribution in [-0.2, 0) is 0 Å². The molecule has 6 nitrogen and oxygen atoms in total. The first kappa shape index (κ1) is 24.0. The van der Waals surface area contributed by atoms with Crippen molar-refractivity contribution in [2.24, 2.45) is 5.92 Å². The van der Waals surface area contributed by atoms with Gasteiger partial charge in [0.05, 0.1) is 29.1 Å². The summed E-state index contributed by atoms with van der Waals surface area (Å²) < 4.78 is 26.8. The van der Waals surface area contributed by atoms with E-state index < -0.39 is 0 Å². The van der Waals surface area contributed by atoms with Crippen molar-refractivity contribution < 1.29 is 8.78 Å². The minimum absolute atomic E-state index is 0.0457. The molecule has 36 heavy (non-hydrogen) atoms. The molecule has 2 atom stereocenters. The second-order valence-corrected chi connectivity index (χ2v) is 9.09. The van der Waals surface area contributed by atoms with Crippen LogP contribution in [0.3, 0.4) is 0 Å². The molecule has 0 radical (unpaired) electrons. The highest BCUT2D eigenvalue weighted by Crippen LogP contribution is 2.36. The van der Waals surface area contributed by atoms with Crippen molar-refractivity contribution >= 4 is 29.0 Å². The number of nitriles is 1. The highest BCUT2D eigenvalue weighted by Gasteiger charge is 2.33. The van der Waals surface area contributed by atoms with Gasteiger partial charge in [-0.25, -0.2) is 28.7 Å². The molecule has 0 amide bonds. The second-order valence-electron chi connectivity index (χ2n) is 8.42. The van der Waals surface area contributed by atoms with E-state index in [1.807, 2.05) is 4.90 Å².